The van der Waals surface area contributed by atoms with Gasteiger partial charge in [0.2, 0.25) is 0 Å². The molecule has 0 atom stereocenters. The Morgan fingerprint density at radius 3 is 2.27 bits per heavy atom. The van der Waals surface area contributed by atoms with Crippen molar-refractivity contribution >= 4 is 22.6 Å². The van der Waals surface area contributed by atoms with Gasteiger partial charge in [-0.05, 0) is 36.8 Å². The number of benzene rings is 2. The van der Waals surface area contributed by atoms with E-state index in [-0.39, 0.29) is 6.61 Å². The molecule has 144 valence electrons. The fourth-order valence-corrected chi connectivity index (χ4v) is 3.86. The molecule has 0 heterocycles. The third kappa shape index (κ3) is 7.19. The van der Waals surface area contributed by atoms with Gasteiger partial charge in [-0.15, -0.1) is 0 Å². The van der Waals surface area contributed by atoms with Crippen LogP contribution in [0, 0.1) is 6.92 Å². The molecule has 0 aliphatic heterocycles. The molecule has 0 unspecified atom stereocenters. The zero-order valence-corrected chi connectivity index (χ0v) is 16.7. The number of hydrogen-bond donors (Lipinski definition) is 2. The van der Waals surface area contributed by atoms with Crippen LogP contribution in [-0.2, 0) is 14.7 Å². The Hall–Kier alpha value is -1.22. The molecule has 0 aliphatic carbocycles. The Bertz CT molecular complexity index is 644. The molecule has 0 saturated heterocycles. The number of hydrogen-bond acceptors (Lipinski definition) is 6. The lowest BCUT2D eigenvalue weighted by atomic mass is 10.2. The van der Waals surface area contributed by atoms with Gasteiger partial charge in [0.15, 0.2) is 0 Å². The minimum atomic E-state index is -3.21. The van der Waals surface area contributed by atoms with Crippen molar-refractivity contribution in [3.63, 3.8) is 0 Å². The first kappa shape index (κ1) is 21.1. The quantitative estimate of drug-likeness (QED) is 0.520. The average Bonchev–Trinajstić information content (AvgIpc) is 2.64. The normalized spacial score (nSPS) is 12.2. The lowest BCUT2D eigenvalue weighted by molar-refractivity contribution is 0.107. The molecule has 0 saturated carbocycles. The molecular formula is C19H26O5S2. The van der Waals surface area contributed by atoms with E-state index in [1.165, 1.54) is 5.56 Å². The summed E-state index contributed by atoms with van der Waals surface area (Å²) in [5.74, 6) is 2.64. The van der Waals surface area contributed by atoms with Crippen LogP contribution in [0.2, 0.25) is 0 Å². The van der Waals surface area contributed by atoms with Gasteiger partial charge in [-0.1, -0.05) is 29.8 Å². The van der Waals surface area contributed by atoms with Crippen molar-refractivity contribution in [3.05, 3.63) is 59.7 Å². The van der Waals surface area contributed by atoms with Gasteiger partial charge in [0.1, 0.15) is 16.6 Å². The first-order valence-electron chi connectivity index (χ1n) is 8.29. The lowest BCUT2D eigenvalue weighted by Gasteiger charge is -2.26. The Labute approximate surface area is 161 Å². The lowest BCUT2D eigenvalue weighted by Crippen LogP contribution is -2.10. The van der Waals surface area contributed by atoms with Crippen molar-refractivity contribution < 1.29 is 22.8 Å². The van der Waals surface area contributed by atoms with Gasteiger partial charge in [0, 0.05) is 11.5 Å². The van der Waals surface area contributed by atoms with Gasteiger partial charge in [0.25, 0.3) is 0 Å². The van der Waals surface area contributed by atoms with Crippen molar-refractivity contribution in [3.8, 4) is 5.75 Å². The molecule has 2 aromatic carbocycles. The Morgan fingerprint density at radius 1 is 0.923 bits per heavy atom. The van der Waals surface area contributed by atoms with Crippen molar-refractivity contribution in [1.29, 1.82) is 0 Å². The Morgan fingerprint density at radius 2 is 1.62 bits per heavy atom. The number of thioether (sulfide) groups is 1. The number of ether oxygens (including phenoxy) is 2. The minimum Gasteiger partial charge on any atom is -0.497 e. The predicted octanol–water partition coefficient (Wildman–Crippen LogP) is 4.99. The highest BCUT2D eigenvalue weighted by Crippen LogP contribution is 2.48. The van der Waals surface area contributed by atoms with E-state index in [0.29, 0.717) is 18.1 Å². The third-order valence-corrected chi connectivity index (χ3v) is 5.98. The van der Waals surface area contributed by atoms with E-state index in [2.05, 4.69) is 12.1 Å². The molecule has 0 aromatic heterocycles. The predicted molar refractivity (Wildman–Crippen MR) is 108 cm³/mol. The molecule has 0 bridgehead atoms. The van der Waals surface area contributed by atoms with E-state index in [0.717, 1.165) is 22.8 Å². The summed E-state index contributed by atoms with van der Waals surface area (Å²) in [6.07, 6.45) is 0. The fourth-order valence-electron chi connectivity index (χ4n) is 2.12. The van der Waals surface area contributed by atoms with Crippen molar-refractivity contribution in [2.75, 3.05) is 32.7 Å². The van der Waals surface area contributed by atoms with Crippen LogP contribution < -0.4 is 4.74 Å². The van der Waals surface area contributed by atoms with Crippen LogP contribution in [0.25, 0.3) is 0 Å². The van der Waals surface area contributed by atoms with Crippen LogP contribution in [-0.4, -0.2) is 41.8 Å². The first-order chi connectivity index (χ1) is 12.5. The maximum Gasteiger partial charge on any atom is 0.118 e. The molecule has 7 heteroatoms. The highest BCUT2D eigenvalue weighted by molar-refractivity contribution is 8.20. The average molecular weight is 399 g/mol. The molecule has 26 heavy (non-hydrogen) atoms. The second-order valence-electron chi connectivity index (χ2n) is 5.64. The molecule has 0 amide bonds. The summed E-state index contributed by atoms with van der Waals surface area (Å²) in [5.41, 5.74) is 2.30. The molecule has 0 fully saturated rings. The van der Waals surface area contributed by atoms with Gasteiger partial charge < -0.3 is 18.6 Å². The van der Waals surface area contributed by atoms with E-state index in [1.807, 2.05) is 31.2 Å². The SMILES string of the molecule is COc1ccc(CSCCOCCOS(O)(O)c2ccc(C)cc2)cc1. The van der Waals surface area contributed by atoms with Crippen LogP contribution >= 0.6 is 22.6 Å². The zero-order chi connectivity index (χ0) is 18.8. The molecule has 0 spiro atoms. The van der Waals surface area contributed by atoms with Gasteiger partial charge in [-0.3, -0.25) is 4.18 Å². The Balaban J connectivity index is 1.55. The van der Waals surface area contributed by atoms with Crippen LogP contribution in [0.1, 0.15) is 11.1 Å². The number of aryl methyl sites for hydroxylation is 1. The number of methoxy groups -OCH3 is 1. The topological polar surface area (TPSA) is 68.2 Å². The standard InChI is InChI=1S/C19H26O5S2/c1-16-3-9-19(10-4-16)26(20,21)24-12-11-23-13-14-25-15-17-5-7-18(22-2)8-6-17/h3-10,20-21H,11-15H2,1-2H3. The highest BCUT2D eigenvalue weighted by atomic mass is 32.3. The minimum absolute atomic E-state index is 0.138. The summed E-state index contributed by atoms with van der Waals surface area (Å²) in [6.45, 7) is 3.00. The Kier molecular flexibility index (Phi) is 8.77. The second kappa shape index (κ2) is 10.8. The first-order valence-corrected chi connectivity index (χ1v) is 10.9. The molecule has 0 radical (unpaired) electrons. The molecule has 2 aromatic rings. The van der Waals surface area contributed by atoms with E-state index in [4.69, 9.17) is 13.7 Å². The van der Waals surface area contributed by atoms with E-state index in [9.17, 15) is 9.11 Å². The van der Waals surface area contributed by atoms with E-state index < -0.39 is 10.9 Å². The summed E-state index contributed by atoms with van der Waals surface area (Å²) < 4.78 is 35.9. The van der Waals surface area contributed by atoms with E-state index in [1.54, 1.807) is 31.0 Å². The van der Waals surface area contributed by atoms with Gasteiger partial charge in [-0.25, -0.2) is 0 Å². The third-order valence-electron chi connectivity index (χ3n) is 3.60. The maximum atomic E-state index is 10.0. The van der Waals surface area contributed by atoms with Crippen LogP contribution in [0.4, 0.5) is 0 Å². The summed E-state index contributed by atoms with van der Waals surface area (Å²) in [6, 6.07) is 15.0. The monoisotopic (exact) mass is 398 g/mol. The van der Waals surface area contributed by atoms with Crippen LogP contribution in [0.5, 0.6) is 5.75 Å². The highest BCUT2D eigenvalue weighted by Gasteiger charge is 2.20. The van der Waals surface area contributed by atoms with E-state index >= 15 is 0 Å². The van der Waals surface area contributed by atoms with Crippen molar-refractivity contribution in [2.24, 2.45) is 0 Å². The fraction of sp³-hybridized carbons (Fsp3) is 0.368. The largest absolute Gasteiger partial charge is 0.497 e. The van der Waals surface area contributed by atoms with Gasteiger partial charge in [-0.2, -0.15) is 11.8 Å². The summed E-state index contributed by atoms with van der Waals surface area (Å²) in [7, 11) is -1.55. The van der Waals surface area contributed by atoms with Crippen molar-refractivity contribution in [1.82, 2.24) is 0 Å². The van der Waals surface area contributed by atoms with Crippen LogP contribution in [0.15, 0.2) is 53.4 Å². The van der Waals surface area contributed by atoms with Gasteiger partial charge in [0.05, 0.1) is 31.8 Å². The zero-order valence-electron chi connectivity index (χ0n) is 15.1. The molecule has 2 N–H and O–H groups in total. The maximum absolute atomic E-state index is 10.0. The summed E-state index contributed by atoms with van der Waals surface area (Å²) >= 11 is 1.78. The molecule has 5 nitrogen and oxygen atoms in total. The van der Waals surface area contributed by atoms with Crippen LogP contribution in [0.3, 0.4) is 0 Å². The van der Waals surface area contributed by atoms with Gasteiger partial charge >= 0.3 is 0 Å². The summed E-state index contributed by atoms with van der Waals surface area (Å²) in [5, 5.41) is 0. The second-order valence-corrected chi connectivity index (χ2v) is 8.45. The smallest absolute Gasteiger partial charge is 0.118 e. The van der Waals surface area contributed by atoms with Crippen molar-refractivity contribution in [2.45, 2.75) is 17.6 Å². The molecule has 2 rings (SSSR count). The molecular weight excluding hydrogens is 372 g/mol. The summed E-state index contributed by atoms with van der Waals surface area (Å²) in [4.78, 5) is 0.387. The molecule has 0 aliphatic rings. The number of rotatable bonds is 11.